The molecule has 8 nitrogen and oxygen atoms in total. The summed E-state index contributed by atoms with van der Waals surface area (Å²) in [5, 5.41) is 19.9. The molecule has 0 bridgehead atoms. The van der Waals surface area contributed by atoms with Gasteiger partial charge in [0.1, 0.15) is 23.0 Å². The molecule has 0 radical (unpaired) electrons. The van der Waals surface area contributed by atoms with Gasteiger partial charge in [0.25, 0.3) is 5.91 Å². The zero-order valence-corrected chi connectivity index (χ0v) is 12.3. The zero-order valence-electron chi connectivity index (χ0n) is 12.3. The van der Waals surface area contributed by atoms with Crippen molar-refractivity contribution in [1.82, 2.24) is 24.4 Å². The number of anilines is 1. The Morgan fingerprint density at radius 2 is 2.09 bits per heavy atom. The minimum atomic E-state index is -0.382. The number of aromatic nitrogens is 5. The Labute approximate surface area is 126 Å². The molecule has 0 aliphatic carbocycles. The highest BCUT2D eigenvalue weighted by molar-refractivity contribution is 6.08. The summed E-state index contributed by atoms with van der Waals surface area (Å²) in [6, 6.07) is 3.87. The number of aryl methyl sites for hydroxylation is 3. The summed E-state index contributed by atoms with van der Waals surface area (Å²) >= 11 is 0. The number of carbonyl (C=O) groups is 1. The lowest BCUT2D eigenvalue weighted by Gasteiger charge is -2.05. The Morgan fingerprint density at radius 3 is 2.82 bits per heavy atom. The zero-order chi connectivity index (χ0) is 15.9. The van der Waals surface area contributed by atoms with Crippen LogP contribution in [0.4, 0.5) is 5.82 Å². The topological polar surface area (TPSA) is 101 Å². The van der Waals surface area contributed by atoms with Crippen molar-refractivity contribution in [2.24, 2.45) is 7.05 Å². The Kier molecular flexibility index (Phi) is 3.10. The molecule has 1 amide bonds. The fraction of sp³-hybridized carbons (Fsp3) is 0.214. The molecule has 0 aliphatic rings. The van der Waals surface area contributed by atoms with Gasteiger partial charge < -0.3 is 5.32 Å². The van der Waals surface area contributed by atoms with E-state index in [1.165, 1.54) is 17.1 Å². The second-order valence-corrected chi connectivity index (χ2v) is 4.93. The number of rotatable bonds is 2. The Bertz CT molecular complexity index is 929. The summed E-state index contributed by atoms with van der Waals surface area (Å²) in [6.45, 7) is 3.75. The third-order valence-electron chi connectivity index (χ3n) is 3.31. The number of nitrogens with zero attached hydrogens (tertiary/aromatic N) is 6. The van der Waals surface area contributed by atoms with Crippen LogP contribution in [0.5, 0.6) is 0 Å². The van der Waals surface area contributed by atoms with Crippen molar-refractivity contribution in [1.29, 1.82) is 5.26 Å². The third kappa shape index (κ3) is 2.09. The van der Waals surface area contributed by atoms with Gasteiger partial charge >= 0.3 is 0 Å². The minimum Gasteiger partial charge on any atom is -0.305 e. The average molecular weight is 295 g/mol. The molecule has 0 fully saturated rings. The van der Waals surface area contributed by atoms with Crippen LogP contribution in [0.15, 0.2) is 18.5 Å². The number of amides is 1. The molecule has 0 atom stereocenters. The number of nitrogens with one attached hydrogen (secondary N) is 1. The van der Waals surface area contributed by atoms with Crippen LogP contribution >= 0.6 is 0 Å². The normalized spacial score (nSPS) is 10.6. The van der Waals surface area contributed by atoms with Crippen LogP contribution in [-0.4, -0.2) is 30.3 Å². The second kappa shape index (κ2) is 4.96. The molecule has 0 saturated heterocycles. The van der Waals surface area contributed by atoms with Crippen molar-refractivity contribution in [2.45, 2.75) is 13.8 Å². The molecule has 3 rings (SSSR count). The van der Waals surface area contributed by atoms with Crippen LogP contribution in [0.3, 0.4) is 0 Å². The van der Waals surface area contributed by atoms with E-state index in [0.29, 0.717) is 22.6 Å². The molecule has 1 N–H and O–H groups in total. The average Bonchev–Trinajstić information content (AvgIpc) is 3.03. The lowest BCUT2D eigenvalue weighted by Crippen LogP contribution is -2.15. The first-order valence-electron chi connectivity index (χ1n) is 6.56. The van der Waals surface area contributed by atoms with Crippen molar-refractivity contribution >= 4 is 17.4 Å². The molecule has 0 spiro atoms. The van der Waals surface area contributed by atoms with Gasteiger partial charge in [-0.3, -0.25) is 9.48 Å². The minimum absolute atomic E-state index is 0.299. The molecule has 0 unspecified atom stereocenters. The van der Waals surface area contributed by atoms with E-state index in [9.17, 15) is 4.79 Å². The number of hydrogen-bond acceptors (Lipinski definition) is 5. The quantitative estimate of drug-likeness (QED) is 0.765. The van der Waals surface area contributed by atoms with Crippen LogP contribution in [0.25, 0.3) is 5.65 Å². The predicted molar refractivity (Wildman–Crippen MR) is 78.3 cm³/mol. The number of hydrogen-bond donors (Lipinski definition) is 1. The van der Waals surface area contributed by atoms with E-state index in [1.54, 1.807) is 11.6 Å². The molecule has 110 valence electrons. The van der Waals surface area contributed by atoms with Crippen LogP contribution in [0.2, 0.25) is 0 Å². The van der Waals surface area contributed by atoms with Gasteiger partial charge in [-0.1, -0.05) is 0 Å². The Balaban J connectivity index is 2.03. The maximum absolute atomic E-state index is 12.5. The van der Waals surface area contributed by atoms with Crippen molar-refractivity contribution in [3.63, 3.8) is 0 Å². The maximum Gasteiger partial charge on any atom is 0.262 e. The highest BCUT2D eigenvalue weighted by Crippen LogP contribution is 2.17. The molecule has 0 aromatic carbocycles. The molecule has 8 heteroatoms. The highest BCUT2D eigenvalue weighted by Gasteiger charge is 2.18. The molecule has 3 aromatic heterocycles. The fourth-order valence-electron chi connectivity index (χ4n) is 2.27. The predicted octanol–water partition coefficient (Wildman–Crippen LogP) is 1.20. The Hall–Kier alpha value is -3.21. The van der Waals surface area contributed by atoms with Crippen molar-refractivity contribution in [2.75, 3.05) is 5.32 Å². The summed E-state index contributed by atoms with van der Waals surface area (Å²) < 4.78 is 3.04. The first kappa shape index (κ1) is 13.8. The van der Waals surface area contributed by atoms with Crippen LogP contribution in [0.1, 0.15) is 27.3 Å². The van der Waals surface area contributed by atoms with E-state index in [4.69, 9.17) is 5.26 Å². The smallest absolute Gasteiger partial charge is 0.262 e. The second-order valence-electron chi connectivity index (χ2n) is 4.93. The summed E-state index contributed by atoms with van der Waals surface area (Å²) in [6.07, 6.45) is 2.87. The Morgan fingerprint density at radius 1 is 1.32 bits per heavy atom. The van der Waals surface area contributed by atoms with Crippen LogP contribution in [-0.2, 0) is 7.05 Å². The molecule has 3 aromatic rings. The molecular formula is C14H13N7O. The lowest BCUT2D eigenvalue weighted by atomic mass is 10.2. The molecule has 0 saturated carbocycles. The van der Waals surface area contributed by atoms with E-state index in [1.807, 2.05) is 26.0 Å². The largest absolute Gasteiger partial charge is 0.305 e. The van der Waals surface area contributed by atoms with E-state index >= 15 is 0 Å². The van der Waals surface area contributed by atoms with Crippen molar-refractivity contribution in [3.8, 4) is 6.07 Å². The van der Waals surface area contributed by atoms with Gasteiger partial charge in [0, 0.05) is 18.4 Å². The van der Waals surface area contributed by atoms with E-state index in [0.717, 1.165) is 11.4 Å². The summed E-state index contributed by atoms with van der Waals surface area (Å²) in [5.74, 6) is -0.0381. The third-order valence-corrected chi connectivity index (χ3v) is 3.31. The SMILES string of the molecule is Cc1cc(C)n2ncc(C(=O)Nc3c(C#N)cnn3C)c2n1. The highest BCUT2D eigenvalue weighted by atomic mass is 16.1. The van der Waals surface area contributed by atoms with Gasteiger partial charge in [-0.25, -0.2) is 9.50 Å². The fourth-order valence-corrected chi connectivity index (χ4v) is 2.27. The molecule has 0 aliphatic heterocycles. The van der Waals surface area contributed by atoms with Crippen LogP contribution in [0, 0.1) is 25.2 Å². The number of fused-ring (bicyclic) bond motifs is 1. The number of nitriles is 1. The number of carbonyl (C=O) groups excluding carboxylic acids is 1. The van der Waals surface area contributed by atoms with Gasteiger partial charge in [0.05, 0.1) is 12.4 Å². The standard InChI is InChI=1S/C14H13N7O/c1-8-4-9(2)21-13(18-8)11(7-17-21)14(22)19-12-10(5-15)6-16-20(12)3/h4,6-7H,1-3H3,(H,19,22). The van der Waals surface area contributed by atoms with Gasteiger partial charge in [0.2, 0.25) is 0 Å². The maximum atomic E-state index is 12.5. The first-order valence-corrected chi connectivity index (χ1v) is 6.56. The van der Waals surface area contributed by atoms with E-state index in [-0.39, 0.29) is 5.91 Å². The van der Waals surface area contributed by atoms with Gasteiger partial charge in [-0.05, 0) is 19.9 Å². The van der Waals surface area contributed by atoms with Gasteiger partial charge in [0.15, 0.2) is 5.65 Å². The van der Waals surface area contributed by atoms with Gasteiger partial charge in [-0.15, -0.1) is 0 Å². The first-order chi connectivity index (χ1) is 10.5. The van der Waals surface area contributed by atoms with E-state index < -0.39 is 0 Å². The molecule has 22 heavy (non-hydrogen) atoms. The molecular weight excluding hydrogens is 282 g/mol. The lowest BCUT2D eigenvalue weighted by molar-refractivity contribution is 0.102. The van der Waals surface area contributed by atoms with E-state index in [2.05, 4.69) is 20.5 Å². The summed E-state index contributed by atoms with van der Waals surface area (Å²) in [7, 11) is 1.65. The van der Waals surface area contributed by atoms with Gasteiger partial charge in [-0.2, -0.15) is 15.5 Å². The molecule has 3 heterocycles. The van der Waals surface area contributed by atoms with Crippen molar-refractivity contribution in [3.05, 3.63) is 41.0 Å². The summed E-state index contributed by atoms with van der Waals surface area (Å²) in [5.41, 5.74) is 2.82. The summed E-state index contributed by atoms with van der Waals surface area (Å²) in [4.78, 5) is 16.8. The van der Waals surface area contributed by atoms with Crippen molar-refractivity contribution < 1.29 is 4.79 Å². The van der Waals surface area contributed by atoms with Crippen LogP contribution < -0.4 is 5.32 Å². The monoisotopic (exact) mass is 295 g/mol.